The Morgan fingerprint density at radius 3 is 2.95 bits per heavy atom. The number of ether oxygens (including phenoxy) is 1. The zero-order chi connectivity index (χ0) is 14.4. The number of anilines is 2. The Balaban J connectivity index is 2.00. The van der Waals surface area contributed by atoms with Gasteiger partial charge >= 0.3 is 0 Å². The fourth-order valence-electron chi connectivity index (χ4n) is 1.66. The van der Waals surface area contributed by atoms with E-state index < -0.39 is 0 Å². The molecule has 0 aliphatic carbocycles. The van der Waals surface area contributed by atoms with Crippen molar-refractivity contribution in [3.8, 4) is 5.75 Å². The Morgan fingerprint density at radius 2 is 2.25 bits per heavy atom. The summed E-state index contributed by atoms with van der Waals surface area (Å²) in [6.45, 7) is 4.30. The fourth-order valence-corrected chi connectivity index (χ4v) is 2.20. The van der Waals surface area contributed by atoms with Crippen molar-refractivity contribution >= 4 is 28.1 Å². The molecule has 20 heavy (non-hydrogen) atoms. The molecule has 1 aromatic heterocycles. The van der Waals surface area contributed by atoms with Crippen LogP contribution in [0.2, 0.25) is 0 Å². The van der Waals surface area contributed by atoms with E-state index in [9.17, 15) is 4.79 Å². The number of nitrogens with zero attached hydrogens (tertiary/aromatic N) is 1. The topological polar surface area (TPSA) is 63.2 Å². The van der Waals surface area contributed by atoms with Crippen LogP contribution in [0.5, 0.6) is 5.75 Å². The molecule has 1 heterocycles. The van der Waals surface area contributed by atoms with Crippen molar-refractivity contribution in [3.05, 3.63) is 35.8 Å². The van der Waals surface area contributed by atoms with Crippen molar-refractivity contribution in [2.75, 3.05) is 17.2 Å². The highest BCUT2D eigenvalue weighted by Gasteiger charge is 2.15. The first-order valence-electron chi connectivity index (χ1n) is 6.39. The largest absolute Gasteiger partial charge is 0.492 e. The average Bonchev–Trinajstić information content (AvgIpc) is 2.94. The molecule has 0 spiro atoms. The lowest BCUT2D eigenvalue weighted by Gasteiger charge is -2.17. The van der Waals surface area contributed by atoms with Crippen LogP contribution >= 0.6 is 11.3 Å². The third kappa shape index (κ3) is 3.71. The molecule has 6 heteroatoms. The summed E-state index contributed by atoms with van der Waals surface area (Å²) in [5, 5.41) is 8.32. The second-order valence-corrected chi connectivity index (χ2v) is 5.02. The number of thiazole rings is 1. The predicted octanol–water partition coefficient (Wildman–Crippen LogP) is 2.98. The highest BCUT2D eigenvalue weighted by Crippen LogP contribution is 2.24. The minimum absolute atomic E-state index is 0.133. The number of carbonyl (C=O) groups excluding carboxylic acids is 1. The SMILES string of the molecule is CCOc1ccccc1N[C@H](C)C(=O)Nc1nccs1. The van der Waals surface area contributed by atoms with E-state index in [1.165, 1.54) is 11.3 Å². The number of hydrogen-bond donors (Lipinski definition) is 2. The number of rotatable bonds is 6. The molecule has 0 radical (unpaired) electrons. The van der Waals surface area contributed by atoms with Gasteiger partial charge in [0.1, 0.15) is 11.8 Å². The number of amides is 1. The molecule has 1 atom stereocenters. The van der Waals surface area contributed by atoms with E-state index in [0.717, 1.165) is 11.4 Å². The summed E-state index contributed by atoms with van der Waals surface area (Å²) in [6, 6.07) is 7.17. The van der Waals surface area contributed by atoms with Gasteiger partial charge in [-0.1, -0.05) is 12.1 Å². The predicted molar refractivity (Wildman–Crippen MR) is 81.4 cm³/mol. The van der Waals surface area contributed by atoms with Crippen molar-refractivity contribution in [2.24, 2.45) is 0 Å². The Labute approximate surface area is 122 Å². The summed E-state index contributed by atoms with van der Waals surface area (Å²) in [7, 11) is 0. The first-order valence-corrected chi connectivity index (χ1v) is 7.27. The molecule has 5 nitrogen and oxygen atoms in total. The van der Waals surface area contributed by atoms with E-state index in [1.807, 2.05) is 36.6 Å². The van der Waals surface area contributed by atoms with Crippen molar-refractivity contribution in [2.45, 2.75) is 19.9 Å². The molecule has 1 amide bonds. The Kier molecular flexibility index (Phi) is 4.95. The Morgan fingerprint density at radius 1 is 1.45 bits per heavy atom. The van der Waals surface area contributed by atoms with Gasteiger partial charge in [-0.2, -0.15) is 0 Å². The molecular formula is C14H17N3O2S. The van der Waals surface area contributed by atoms with E-state index in [4.69, 9.17) is 4.74 Å². The monoisotopic (exact) mass is 291 g/mol. The maximum atomic E-state index is 12.0. The normalized spacial score (nSPS) is 11.7. The number of benzene rings is 1. The standard InChI is InChI=1S/C14H17N3O2S/c1-3-19-12-7-5-4-6-11(12)16-10(2)13(18)17-14-15-8-9-20-14/h4-10,16H,3H2,1-2H3,(H,15,17,18)/t10-/m1/s1. The molecule has 1 aromatic carbocycles. The first kappa shape index (κ1) is 14.3. The van der Waals surface area contributed by atoms with Gasteiger partial charge in [0, 0.05) is 11.6 Å². The second kappa shape index (κ2) is 6.91. The zero-order valence-corrected chi connectivity index (χ0v) is 12.2. The molecule has 0 unspecified atom stereocenters. The molecule has 0 saturated carbocycles. The minimum atomic E-state index is -0.388. The van der Waals surface area contributed by atoms with Gasteiger partial charge in [-0.3, -0.25) is 4.79 Å². The van der Waals surface area contributed by atoms with E-state index >= 15 is 0 Å². The van der Waals surface area contributed by atoms with Gasteiger partial charge in [-0.05, 0) is 26.0 Å². The summed E-state index contributed by atoms with van der Waals surface area (Å²) in [6.07, 6.45) is 1.66. The van der Waals surface area contributed by atoms with Crippen LogP contribution in [0.4, 0.5) is 10.8 Å². The molecule has 2 aromatic rings. The molecule has 0 saturated heterocycles. The second-order valence-electron chi connectivity index (χ2n) is 4.12. The molecule has 2 N–H and O–H groups in total. The van der Waals surface area contributed by atoms with Crippen LogP contribution < -0.4 is 15.4 Å². The number of hydrogen-bond acceptors (Lipinski definition) is 5. The number of para-hydroxylation sites is 2. The first-order chi connectivity index (χ1) is 9.70. The summed E-state index contributed by atoms with van der Waals surface area (Å²) in [4.78, 5) is 16.1. The zero-order valence-electron chi connectivity index (χ0n) is 11.4. The van der Waals surface area contributed by atoms with Crippen LogP contribution in [0.15, 0.2) is 35.8 Å². The van der Waals surface area contributed by atoms with Crippen molar-refractivity contribution in [3.63, 3.8) is 0 Å². The average molecular weight is 291 g/mol. The number of carbonyl (C=O) groups is 1. The minimum Gasteiger partial charge on any atom is -0.492 e. The van der Waals surface area contributed by atoms with Gasteiger partial charge < -0.3 is 15.4 Å². The van der Waals surface area contributed by atoms with Crippen LogP contribution in [0.3, 0.4) is 0 Å². The van der Waals surface area contributed by atoms with Crippen LogP contribution in [0, 0.1) is 0 Å². The van der Waals surface area contributed by atoms with E-state index in [0.29, 0.717) is 11.7 Å². The lowest BCUT2D eigenvalue weighted by Crippen LogP contribution is -2.32. The number of aromatic nitrogens is 1. The molecule has 0 fully saturated rings. The van der Waals surface area contributed by atoms with Crippen LogP contribution in [-0.2, 0) is 4.79 Å². The summed E-state index contributed by atoms with van der Waals surface area (Å²) in [5.74, 6) is 0.607. The maximum Gasteiger partial charge on any atom is 0.248 e. The van der Waals surface area contributed by atoms with Crippen molar-refractivity contribution in [1.82, 2.24) is 4.98 Å². The lowest BCUT2D eigenvalue weighted by molar-refractivity contribution is -0.116. The molecule has 0 aliphatic rings. The van der Waals surface area contributed by atoms with E-state index in [2.05, 4.69) is 15.6 Å². The maximum absolute atomic E-state index is 12.0. The van der Waals surface area contributed by atoms with Crippen LogP contribution in [0.25, 0.3) is 0 Å². The smallest absolute Gasteiger partial charge is 0.248 e. The highest BCUT2D eigenvalue weighted by atomic mass is 32.1. The van der Waals surface area contributed by atoms with Crippen molar-refractivity contribution < 1.29 is 9.53 Å². The van der Waals surface area contributed by atoms with Crippen molar-refractivity contribution in [1.29, 1.82) is 0 Å². The van der Waals surface area contributed by atoms with Gasteiger partial charge in [-0.15, -0.1) is 11.3 Å². The third-order valence-electron chi connectivity index (χ3n) is 2.61. The van der Waals surface area contributed by atoms with Gasteiger partial charge in [-0.25, -0.2) is 4.98 Å². The molecule has 2 rings (SSSR count). The Bertz CT molecular complexity index is 557. The van der Waals surface area contributed by atoms with Gasteiger partial charge in [0.05, 0.1) is 12.3 Å². The fraction of sp³-hybridized carbons (Fsp3) is 0.286. The summed E-state index contributed by atoms with van der Waals surface area (Å²) >= 11 is 1.39. The van der Waals surface area contributed by atoms with Crippen LogP contribution in [0.1, 0.15) is 13.8 Å². The van der Waals surface area contributed by atoms with E-state index in [-0.39, 0.29) is 11.9 Å². The lowest BCUT2D eigenvalue weighted by atomic mass is 10.2. The third-order valence-corrected chi connectivity index (χ3v) is 3.30. The highest BCUT2D eigenvalue weighted by molar-refractivity contribution is 7.13. The van der Waals surface area contributed by atoms with Gasteiger partial charge in [0.15, 0.2) is 5.13 Å². The molecule has 106 valence electrons. The quantitative estimate of drug-likeness (QED) is 0.859. The summed E-state index contributed by atoms with van der Waals surface area (Å²) < 4.78 is 5.52. The molecular weight excluding hydrogens is 274 g/mol. The van der Waals surface area contributed by atoms with E-state index in [1.54, 1.807) is 13.1 Å². The molecule has 0 aliphatic heterocycles. The van der Waals surface area contributed by atoms with Crippen LogP contribution in [-0.4, -0.2) is 23.5 Å². The molecule has 0 bridgehead atoms. The van der Waals surface area contributed by atoms with Gasteiger partial charge in [0.25, 0.3) is 0 Å². The number of nitrogens with one attached hydrogen (secondary N) is 2. The Hall–Kier alpha value is -2.08. The summed E-state index contributed by atoms with van der Waals surface area (Å²) in [5.41, 5.74) is 0.802. The van der Waals surface area contributed by atoms with Gasteiger partial charge in [0.2, 0.25) is 5.91 Å².